The minimum absolute atomic E-state index is 0.783. The lowest BCUT2D eigenvalue weighted by Gasteiger charge is -2.07. The number of halogens is 1. The van der Waals surface area contributed by atoms with E-state index in [0.717, 1.165) is 22.5 Å². The van der Waals surface area contributed by atoms with Crippen LogP contribution in [0.1, 0.15) is 11.5 Å². The third kappa shape index (κ3) is 2.42. The van der Waals surface area contributed by atoms with E-state index in [1.165, 1.54) is 11.3 Å². The highest BCUT2D eigenvalue weighted by atomic mass is 79.9. The molecule has 3 nitrogen and oxygen atoms in total. The second kappa shape index (κ2) is 5.02. The molecule has 2 rings (SSSR count). The van der Waals surface area contributed by atoms with Gasteiger partial charge in [0.15, 0.2) is 0 Å². The van der Waals surface area contributed by atoms with Gasteiger partial charge in [0.05, 0.1) is 17.9 Å². The molecule has 0 saturated carbocycles. The summed E-state index contributed by atoms with van der Waals surface area (Å²) < 4.78 is 3.24. The molecule has 0 aliphatic carbocycles. The predicted octanol–water partition coefficient (Wildman–Crippen LogP) is 2.88. The molecular formula is C13H16BrN3. The highest BCUT2D eigenvalue weighted by Crippen LogP contribution is 2.26. The van der Waals surface area contributed by atoms with Crippen molar-refractivity contribution in [1.29, 1.82) is 0 Å². The average Bonchev–Trinajstić information content (AvgIpc) is 2.55. The molecule has 0 aliphatic heterocycles. The Labute approximate surface area is 110 Å². The van der Waals surface area contributed by atoms with Crippen LogP contribution in [-0.2, 0) is 13.6 Å². The van der Waals surface area contributed by atoms with Crippen molar-refractivity contribution < 1.29 is 0 Å². The maximum absolute atomic E-state index is 4.59. The summed E-state index contributed by atoms with van der Waals surface area (Å²) in [6, 6.07) is 8.30. The van der Waals surface area contributed by atoms with Crippen LogP contribution in [0, 0.1) is 6.92 Å². The van der Waals surface area contributed by atoms with Crippen LogP contribution >= 0.6 is 15.9 Å². The van der Waals surface area contributed by atoms with Crippen molar-refractivity contribution in [2.75, 3.05) is 7.05 Å². The molecule has 0 spiro atoms. The SMILES string of the molecule is CNCc1nc(C)c(-c2cccc(Br)c2)n1C. The number of benzene rings is 1. The standard InChI is InChI=1S/C13H16BrN3/c1-9-13(10-5-4-6-11(14)7-10)17(3)12(16-9)8-15-2/h4-7,15H,8H2,1-3H3. The lowest BCUT2D eigenvalue weighted by Crippen LogP contribution is -2.10. The summed E-state index contributed by atoms with van der Waals surface area (Å²) >= 11 is 3.50. The number of nitrogens with zero attached hydrogens (tertiary/aromatic N) is 2. The fraction of sp³-hybridized carbons (Fsp3) is 0.308. The second-order valence-electron chi connectivity index (χ2n) is 4.06. The topological polar surface area (TPSA) is 29.9 Å². The van der Waals surface area contributed by atoms with E-state index in [2.05, 4.69) is 56.9 Å². The van der Waals surface area contributed by atoms with Gasteiger partial charge in [-0.1, -0.05) is 28.1 Å². The van der Waals surface area contributed by atoms with E-state index in [1.807, 2.05) is 19.2 Å². The zero-order valence-electron chi connectivity index (χ0n) is 10.3. The summed E-state index contributed by atoms with van der Waals surface area (Å²) in [5, 5.41) is 3.14. The van der Waals surface area contributed by atoms with Gasteiger partial charge in [0, 0.05) is 17.1 Å². The van der Waals surface area contributed by atoms with Crippen LogP contribution in [0.4, 0.5) is 0 Å². The van der Waals surface area contributed by atoms with Gasteiger partial charge >= 0.3 is 0 Å². The number of rotatable bonds is 3. The van der Waals surface area contributed by atoms with Crippen LogP contribution in [0.15, 0.2) is 28.7 Å². The van der Waals surface area contributed by atoms with Gasteiger partial charge in [-0.2, -0.15) is 0 Å². The third-order valence-electron chi connectivity index (χ3n) is 2.79. The molecule has 2 aromatic rings. The molecule has 0 amide bonds. The van der Waals surface area contributed by atoms with Crippen molar-refractivity contribution in [2.24, 2.45) is 7.05 Å². The van der Waals surface area contributed by atoms with Gasteiger partial charge < -0.3 is 9.88 Å². The summed E-state index contributed by atoms with van der Waals surface area (Å²) in [5.74, 6) is 1.06. The normalized spacial score (nSPS) is 10.8. The minimum Gasteiger partial charge on any atom is -0.330 e. The van der Waals surface area contributed by atoms with Gasteiger partial charge in [0.2, 0.25) is 0 Å². The zero-order valence-corrected chi connectivity index (χ0v) is 11.9. The Morgan fingerprint density at radius 1 is 1.41 bits per heavy atom. The number of nitrogens with one attached hydrogen (secondary N) is 1. The van der Waals surface area contributed by atoms with E-state index >= 15 is 0 Å². The zero-order chi connectivity index (χ0) is 12.4. The summed E-state index contributed by atoms with van der Waals surface area (Å²) in [6.45, 7) is 2.83. The molecule has 0 atom stereocenters. The first kappa shape index (κ1) is 12.3. The number of hydrogen-bond donors (Lipinski definition) is 1. The third-order valence-corrected chi connectivity index (χ3v) is 3.29. The number of hydrogen-bond acceptors (Lipinski definition) is 2. The van der Waals surface area contributed by atoms with Crippen molar-refractivity contribution >= 4 is 15.9 Å². The fourth-order valence-corrected chi connectivity index (χ4v) is 2.45. The summed E-state index contributed by atoms with van der Waals surface area (Å²) in [6.07, 6.45) is 0. The van der Waals surface area contributed by atoms with Gasteiger partial charge in [0.25, 0.3) is 0 Å². The van der Waals surface area contributed by atoms with E-state index in [4.69, 9.17) is 0 Å². The Kier molecular flexibility index (Phi) is 3.64. The molecule has 0 unspecified atom stereocenters. The van der Waals surface area contributed by atoms with E-state index in [0.29, 0.717) is 0 Å². The first-order valence-corrected chi connectivity index (χ1v) is 6.35. The summed E-state index contributed by atoms with van der Waals surface area (Å²) in [5.41, 5.74) is 3.43. The monoisotopic (exact) mass is 293 g/mol. The molecule has 0 saturated heterocycles. The molecule has 1 N–H and O–H groups in total. The maximum atomic E-state index is 4.59. The molecule has 1 heterocycles. The van der Waals surface area contributed by atoms with Crippen molar-refractivity contribution in [3.63, 3.8) is 0 Å². The molecule has 1 aromatic heterocycles. The summed E-state index contributed by atoms with van der Waals surface area (Å²) in [4.78, 5) is 4.59. The molecule has 1 aromatic carbocycles. The molecule has 17 heavy (non-hydrogen) atoms. The quantitative estimate of drug-likeness (QED) is 0.943. The lowest BCUT2D eigenvalue weighted by molar-refractivity contribution is 0.712. The average molecular weight is 294 g/mol. The van der Waals surface area contributed by atoms with Crippen molar-refractivity contribution in [3.8, 4) is 11.3 Å². The Bertz CT molecular complexity index is 531. The maximum Gasteiger partial charge on any atom is 0.123 e. The Balaban J connectivity index is 2.52. The van der Waals surface area contributed by atoms with E-state index in [9.17, 15) is 0 Å². The van der Waals surface area contributed by atoms with Crippen molar-refractivity contribution in [1.82, 2.24) is 14.9 Å². The van der Waals surface area contributed by atoms with Gasteiger partial charge in [-0.05, 0) is 26.1 Å². The highest BCUT2D eigenvalue weighted by Gasteiger charge is 2.12. The Morgan fingerprint density at radius 2 is 2.18 bits per heavy atom. The molecule has 0 bridgehead atoms. The molecule has 90 valence electrons. The number of aryl methyl sites for hydroxylation is 1. The smallest absolute Gasteiger partial charge is 0.123 e. The first-order valence-electron chi connectivity index (χ1n) is 5.56. The van der Waals surface area contributed by atoms with Crippen LogP contribution in [0.5, 0.6) is 0 Å². The molecule has 0 fully saturated rings. The van der Waals surface area contributed by atoms with Crippen molar-refractivity contribution in [2.45, 2.75) is 13.5 Å². The van der Waals surface area contributed by atoms with E-state index < -0.39 is 0 Å². The molecule has 4 heteroatoms. The Hall–Kier alpha value is -1.13. The van der Waals surface area contributed by atoms with Crippen LogP contribution in [-0.4, -0.2) is 16.6 Å². The highest BCUT2D eigenvalue weighted by molar-refractivity contribution is 9.10. The lowest BCUT2D eigenvalue weighted by atomic mass is 10.1. The van der Waals surface area contributed by atoms with Crippen LogP contribution in [0.3, 0.4) is 0 Å². The predicted molar refractivity (Wildman–Crippen MR) is 73.8 cm³/mol. The van der Waals surface area contributed by atoms with Gasteiger partial charge in [-0.25, -0.2) is 4.98 Å². The minimum atomic E-state index is 0.783. The number of imidazole rings is 1. The van der Waals surface area contributed by atoms with Gasteiger partial charge in [-0.15, -0.1) is 0 Å². The fourth-order valence-electron chi connectivity index (χ4n) is 2.05. The van der Waals surface area contributed by atoms with Crippen molar-refractivity contribution in [3.05, 3.63) is 40.3 Å². The van der Waals surface area contributed by atoms with E-state index in [-0.39, 0.29) is 0 Å². The van der Waals surface area contributed by atoms with Gasteiger partial charge in [0.1, 0.15) is 5.82 Å². The second-order valence-corrected chi connectivity index (χ2v) is 4.98. The van der Waals surface area contributed by atoms with Crippen LogP contribution < -0.4 is 5.32 Å². The number of aromatic nitrogens is 2. The largest absolute Gasteiger partial charge is 0.330 e. The van der Waals surface area contributed by atoms with Gasteiger partial charge in [-0.3, -0.25) is 0 Å². The van der Waals surface area contributed by atoms with Crippen LogP contribution in [0.25, 0.3) is 11.3 Å². The molecular weight excluding hydrogens is 278 g/mol. The molecule has 0 radical (unpaired) electrons. The summed E-state index contributed by atoms with van der Waals surface area (Å²) in [7, 11) is 3.99. The first-order chi connectivity index (χ1) is 8.13. The van der Waals surface area contributed by atoms with Crippen LogP contribution in [0.2, 0.25) is 0 Å². The molecule has 0 aliphatic rings. The van der Waals surface area contributed by atoms with E-state index in [1.54, 1.807) is 0 Å². The Morgan fingerprint density at radius 3 is 2.82 bits per heavy atom.